The fourth-order valence-electron chi connectivity index (χ4n) is 4.29. The second-order valence-electron chi connectivity index (χ2n) is 8.59. The first-order valence-electron chi connectivity index (χ1n) is 11.3. The lowest BCUT2D eigenvalue weighted by Crippen LogP contribution is -2.20. The SMILES string of the molecule is CNc1nc(Nc2ccc(CN3CCC(F)C3)cc2)c(C(N)=O)nc1-c1cncc2c1ncn2C. The van der Waals surface area contributed by atoms with Gasteiger partial charge in [-0.25, -0.2) is 19.3 Å². The van der Waals surface area contributed by atoms with Crippen LogP contribution in [0, 0.1) is 0 Å². The summed E-state index contributed by atoms with van der Waals surface area (Å²) in [5, 5.41) is 6.20. The Bertz CT molecular complexity index is 1390. The number of aryl methyl sites for hydroxylation is 1. The van der Waals surface area contributed by atoms with Crippen LogP contribution in [0.4, 0.5) is 21.7 Å². The molecular formula is C24H26FN9O. The van der Waals surface area contributed by atoms with Crippen molar-refractivity contribution in [2.75, 3.05) is 30.8 Å². The van der Waals surface area contributed by atoms with Crippen LogP contribution in [-0.4, -0.2) is 61.6 Å². The summed E-state index contributed by atoms with van der Waals surface area (Å²) in [4.78, 5) is 32.4. The zero-order valence-corrected chi connectivity index (χ0v) is 19.5. The van der Waals surface area contributed by atoms with E-state index >= 15 is 0 Å². The molecule has 1 unspecified atom stereocenters. The van der Waals surface area contributed by atoms with Gasteiger partial charge in [0.1, 0.15) is 17.4 Å². The van der Waals surface area contributed by atoms with Gasteiger partial charge >= 0.3 is 0 Å². The summed E-state index contributed by atoms with van der Waals surface area (Å²) in [7, 11) is 3.60. The molecule has 5 rings (SSSR count). The maximum absolute atomic E-state index is 13.4. The molecule has 1 fully saturated rings. The third-order valence-corrected chi connectivity index (χ3v) is 6.10. The number of amides is 1. The molecule has 4 N–H and O–H groups in total. The number of imidazole rings is 1. The van der Waals surface area contributed by atoms with Gasteiger partial charge in [-0.3, -0.25) is 14.7 Å². The second-order valence-corrected chi connectivity index (χ2v) is 8.59. The van der Waals surface area contributed by atoms with Crippen molar-refractivity contribution < 1.29 is 9.18 Å². The van der Waals surface area contributed by atoms with Crippen molar-refractivity contribution >= 4 is 34.3 Å². The van der Waals surface area contributed by atoms with Crippen molar-refractivity contribution in [3.8, 4) is 11.3 Å². The fourth-order valence-corrected chi connectivity index (χ4v) is 4.29. The van der Waals surface area contributed by atoms with E-state index in [1.165, 1.54) is 0 Å². The Morgan fingerprint density at radius 1 is 1.20 bits per heavy atom. The first kappa shape index (κ1) is 22.7. The monoisotopic (exact) mass is 475 g/mol. The van der Waals surface area contributed by atoms with E-state index in [1.807, 2.05) is 35.9 Å². The smallest absolute Gasteiger partial charge is 0.271 e. The van der Waals surface area contributed by atoms with Gasteiger partial charge in [0.25, 0.3) is 5.91 Å². The number of rotatable bonds is 7. The standard InChI is InChI=1S/C24H26FN9O/c1-27-23-20(17-9-28-10-18-19(17)29-13-33(18)2)31-21(22(26)35)24(32-23)30-16-5-3-14(4-6-16)11-34-8-7-15(25)12-34/h3-6,9-10,13,15H,7-8,11-12H2,1-2H3,(H2,26,35)(H2,27,30,32). The Balaban J connectivity index is 1.46. The number of pyridine rings is 1. The molecule has 0 spiro atoms. The van der Waals surface area contributed by atoms with Gasteiger partial charge in [-0.15, -0.1) is 0 Å². The van der Waals surface area contributed by atoms with Gasteiger partial charge in [-0.2, -0.15) is 0 Å². The summed E-state index contributed by atoms with van der Waals surface area (Å²) in [5.74, 6) is -0.0281. The van der Waals surface area contributed by atoms with Gasteiger partial charge in [0, 0.05) is 45.6 Å². The van der Waals surface area contributed by atoms with Crippen LogP contribution in [0.2, 0.25) is 0 Å². The average Bonchev–Trinajstić information content (AvgIpc) is 3.44. The van der Waals surface area contributed by atoms with Crippen LogP contribution in [0.3, 0.4) is 0 Å². The first-order chi connectivity index (χ1) is 16.9. The number of benzene rings is 1. The third-order valence-electron chi connectivity index (χ3n) is 6.10. The number of nitrogens with zero attached hydrogens (tertiary/aromatic N) is 6. The summed E-state index contributed by atoms with van der Waals surface area (Å²) in [6.07, 6.45) is 4.89. The third kappa shape index (κ3) is 4.50. The highest BCUT2D eigenvalue weighted by Gasteiger charge is 2.22. The first-order valence-corrected chi connectivity index (χ1v) is 11.3. The fraction of sp³-hybridized carbons (Fsp3) is 0.292. The van der Waals surface area contributed by atoms with Gasteiger partial charge in [0.15, 0.2) is 17.3 Å². The second kappa shape index (κ2) is 9.26. The van der Waals surface area contributed by atoms with Crippen LogP contribution in [0.5, 0.6) is 0 Å². The molecule has 0 aliphatic carbocycles. The normalized spacial score (nSPS) is 16.0. The lowest BCUT2D eigenvalue weighted by atomic mass is 10.1. The molecule has 0 radical (unpaired) electrons. The minimum absolute atomic E-state index is 0.00191. The molecule has 0 bridgehead atoms. The minimum Gasteiger partial charge on any atom is -0.371 e. The predicted molar refractivity (Wildman–Crippen MR) is 132 cm³/mol. The number of anilines is 3. The van der Waals surface area contributed by atoms with Gasteiger partial charge in [0.05, 0.1) is 23.6 Å². The van der Waals surface area contributed by atoms with E-state index in [1.54, 1.807) is 25.8 Å². The maximum atomic E-state index is 13.4. The lowest BCUT2D eigenvalue weighted by Gasteiger charge is -2.16. The highest BCUT2D eigenvalue weighted by atomic mass is 19.1. The summed E-state index contributed by atoms with van der Waals surface area (Å²) in [6.45, 7) is 1.93. The van der Waals surface area contributed by atoms with E-state index in [4.69, 9.17) is 5.73 Å². The van der Waals surface area contributed by atoms with Crippen molar-refractivity contribution in [3.63, 3.8) is 0 Å². The molecule has 180 valence electrons. The van der Waals surface area contributed by atoms with Crippen molar-refractivity contribution in [1.29, 1.82) is 0 Å². The van der Waals surface area contributed by atoms with Crippen molar-refractivity contribution in [2.45, 2.75) is 19.1 Å². The van der Waals surface area contributed by atoms with E-state index < -0.39 is 12.1 Å². The molecule has 10 nitrogen and oxygen atoms in total. The number of likely N-dealkylation sites (tertiary alicyclic amines) is 1. The molecule has 1 aliphatic heterocycles. The molecule has 11 heteroatoms. The number of halogens is 1. The number of hydrogen-bond acceptors (Lipinski definition) is 8. The number of alkyl halides is 1. The molecule has 1 aromatic carbocycles. The number of hydrogen-bond donors (Lipinski definition) is 3. The summed E-state index contributed by atoms with van der Waals surface area (Å²) in [5.41, 5.74) is 10.1. The molecule has 1 saturated heterocycles. The Morgan fingerprint density at radius 2 is 2.00 bits per heavy atom. The molecule has 1 atom stereocenters. The summed E-state index contributed by atoms with van der Waals surface area (Å²) >= 11 is 0. The van der Waals surface area contributed by atoms with E-state index in [0.29, 0.717) is 42.1 Å². The molecule has 35 heavy (non-hydrogen) atoms. The average molecular weight is 476 g/mol. The maximum Gasteiger partial charge on any atom is 0.271 e. The highest BCUT2D eigenvalue weighted by Crippen LogP contribution is 2.32. The zero-order chi connectivity index (χ0) is 24.5. The Morgan fingerprint density at radius 3 is 2.69 bits per heavy atom. The van der Waals surface area contributed by atoms with Crippen molar-refractivity contribution in [2.24, 2.45) is 12.8 Å². The minimum atomic E-state index is -0.744. The number of nitrogens with one attached hydrogen (secondary N) is 2. The largest absolute Gasteiger partial charge is 0.371 e. The quantitative estimate of drug-likeness (QED) is 0.372. The number of aromatic nitrogens is 5. The van der Waals surface area contributed by atoms with Gasteiger partial charge in [-0.05, 0) is 24.1 Å². The summed E-state index contributed by atoms with van der Waals surface area (Å²) in [6, 6.07) is 7.70. The zero-order valence-electron chi connectivity index (χ0n) is 19.5. The van der Waals surface area contributed by atoms with E-state index in [9.17, 15) is 9.18 Å². The lowest BCUT2D eigenvalue weighted by molar-refractivity contribution is 0.0996. The van der Waals surface area contributed by atoms with Crippen LogP contribution in [-0.2, 0) is 13.6 Å². The summed E-state index contributed by atoms with van der Waals surface area (Å²) < 4.78 is 15.3. The number of fused-ring (bicyclic) bond motifs is 1. The van der Waals surface area contributed by atoms with Crippen LogP contribution in [0.1, 0.15) is 22.5 Å². The predicted octanol–water partition coefficient (Wildman–Crippen LogP) is 2.85. The highest BCUT2D eigenvalue weighted by molar-refractivity contribution is 5.99. The molecule has 1 amide bonds. The molecule has 4 heterocycles. The van der Waals surface area contributed by atoms with Crippen LogP contribution in [0.15, 0.2) is 43.0 Å². The Labute approximate surface area is 201 Å². The Kier molecular flexibility index (Phi) is 6.00. The molecule has 0 saturated carbocycles. The van der Waals surface area contributed by atoms with Crippen LogP contribution < -0.4 is 16.4 Å². The number of nitrogens with two attached hydrogens (primary N) is 1. The van der Waals surface area contributed by atoms with Crippen molar-refractivity contribution in [1.82, 2.24) is 29.4 Å². The number of carbonyl (C=O) groups excluding carboxylic acids is 1. The number of carbonyl (C=O) groups is 1. The van der Waals surface area contributed by atoms with Gasteiger partial charge in [-0.1, -0.05) is 12.1 Å². The van der Waals surface area contributed by atoms with E-state index in [-0.39, 0.29) is 11.5 Å². The number of primary amides is 1. The van der Waals surface area contributed by atoms with Gasteiger partial charge in [0.2, 0.25) is 0 Å². The molecular weight excluding hydrogens is 449 g/mol. The Hall–Kier alpha value is -4.12. The topological polar surface area (TPSA) is 127 Å². The van der Waals surface area contributed by atoms with E-state index in [0.717, 1.165) is 23.3 Å². The molecule has 1 aliphatic rings. The van der Waals surface area contributed by atoms with Crippen molar-refractivity contribution in [3.05, 3.63) is 54.2 Å². The van der Waals surface area contributed by atoms with Crippen LogP contribution >= 0.6 is 0 Å². The molecule has 4 aromatic rings. The van der Waals surface area contributed by atoms with Crippen LogP contribution in [0.25, 0.3) is 22.3 Å². The van der Waals surface area contributed by atoms with Gasteiger partial charge < -0.3 is 20.9 Å². The van der Waals surface area contributed by atoms with E-state index in [2.05, 4.69) is 35.5 Å². The molecule has 3 aromatic heterocycles.